The maximum atomic E-state index is 5.94. The van der Waals surface area contributed by atoms with Crippen molar-refractivity contribution in [2.75, 3.05) is 7.05 Å². The summed E-state index contributed by atoms with van der Waals surface area (Å²) in [7, 11) is 1.95. The van der Waals surface area contributed by atoms with Crippen molar-refractivity contribution >= 4 is 0 Å². The zero-order valence-corrected chi connectivity index (χ0v) is 10.1. The lowest BCUT2D eigenvalue weighted by molar-refractivity contribution is 0.213. The van der Waals surface area contributed by atoms with Gasteiger partial charge >= 0.3 is 0 Å². The number of rotatable bonds is 5. The molecule has 0 aromatic heterocycles. The number of para-hydroxylation sites is 1. The average molecular weight is 207 g/mol. The van der Waals surface area contributed by atoms with Crippen LogP contribution in [0.25, 0.3) is 0 Å². The minimum atomic E-state index is 0.279. The second-order valence-electron chi connectivity index (χ2n) is 3.93. The number of hydrogen-bond acceptors (Lipinski definition) is 2. The summed E-state index contributed by atoms with van der Waals surface area (Å²) < 4.78 is 5.94. The SMILES string of the molecule is CCC(C)Oc1c(C)cccc1CNC. The van der Waals surface area contributed by atoms with Gasteiger partial charge in [0.05, 0.1) is 6.10 Å². The lowest BCUT2D eigenvalue weighted by Crippen LogP contribution is -2.14. The van der Waals surface area contributed by atoms with E-state index in [1.807, 2.05) is 7.05 Å². The summed E-state index contributed by atoms with van der Waals surface area (Å²) in [5.74, 6) is 1.04. The largest absolute Gasteiger partial charge is 0.490 e. The van der Waals surface area contributed by atoms with Crippen molar-refractivity contribution < 1.29 is 4.74 Å². The van der Waals surface area contributed by atoms with Gasteiger partial charge in [-0.2, -0.15) is 0 Å². The van der Waals surface area contributed by atoms with E-state index in [9.17, 15) is 0 Å². The Labute approximate surface area is 92.6 Å². The van der Waals surface area contributed by atoms with Crippen molar-refractivity contribution in [3.63, 3.8) is 0 Å². The summed E-state index contributed by atoms with van der Waals surface area (Å²) in [5, 5.41) is 3.16. The monoisotopic (exact) mass is 207 g/mol. The van der Waals surface area contributed by atoms with Gasteiger partial charge in [-0.1, -0.05) is 25.1 Å². The Morgan fingerprint density at radius 3 is 2.73 bits per heavy atom. The van der Waals surface area contributed by atoms with Crippen LogP contribution >= 0.6 is 0 Å². The third-order valence-electron chi connectivity index (χ3n) is 2.55. The van der Waals surface area contributed by atoms with Gasteiger partial charge < -0.3 is 10.1 Å². The molecule has 0 aliphatic heterocycles. The van der Waals surface area contributed by atoms with Crippen molar-refractivity contribution in [3.05, 3.63) is 29.3 Å². The predicted molar refractivity (Wildman–Crippen MR) is 64.3 cm³/mol. The van der Waals surface area contributed by atoms with Gasteiger partial charge in [0.1, 0.15) is 5.75 Å². The van der Waals surface area contributed by atoms with Crippen molar-refractivity contribution in [1.29, 1.82) is 0 Å². The molecule has 84 valence electrons. The molecule has 0 amide bonds. The van der Waals surface area contributed by atoms with E-state index in [4.69, 9.17) is 4.74 Å². The molecule has 1 rings (SSSR count). The summed E-state index contributed by atoms with van der Waals surface area (Å²) in [6.07, 6.45) is 1.31. The molecule has 0 fully saturated rings. The van der Waals surface area contributed by atoms with E-state index in [0.717, 1.165) is 18.7 Å². The van der Waals surface area contributed by atoms with Crippen LogP contribution in [-0.4, -0.2) is 13.2 Å². The Morgan fingerprint density at radius 2 is 2.13 bits per heavy atom. The van der Waals surface area contributed by atoms with Crippen LogP contribution in [0.4, 0.5) is 0 Å². The van der Waals surface area contributed by atoms with Crippen LogP contribution in [0, 0.1) is 6.92 Å². The molecule has 0 heterocycles. The normalized spacial score (nSPS) is 12.5. The van der Waals surface area contributed by atoms with Gasteiger partial charge in [-0.3, -0.25) is 0 Å². The van der Waals surface area contributed by atoms with Crippen molar-refractivity contribution in [2.24, 2.45) is 0 Å². The molecular weight excluding hydrogens is 186 g/mol. The molecule has 1 aromatic carbocycles. The highest BCUT2D eigenvalue weighted by molar-refractivity contribution is 5.40. The fraction of sp³-hybridized carbons (Fsp3) is 0.538. The van der Waals surface area contributed by atoms with Crippen molar-refractivity contribution in [2.45, 2.75) is 39.8 Å². The quantitative estimate of drug-likeness (QED) is 0.801. The first-order valence-electron chi connectivity index (χ1n) is 5.58. The van der Waals surface area contributed by atoms with Gasteiger partial charge in [0, 0.05) is 12.1 Å². The van der Waals surface area contributed by atoms with Gasteiger partial charge in [-0.15, -0.1) is 0 Å². The Hall–Kier alpha value is -1.02. The van der Waals surface area contributed by atoms with E-state index in [2.05, 4.69) is 44.3 Å². The van der Waals surface area contributed by atoms with E-state index in [-0.39, 0.29) is 6.10 Å². The molecule has 1 N–H and O–H groups in total. The molecular formula is C13H21NO. The van der Waals surface area contributed by atoms with Crippen molar-refractivity contribution in [1.82, 2.24) is 5.32 Å². The minimum Gasteiger partial charge on any atom is -0.490 e. The van der Waals surface area contributed by atoms with Gasteiger partial charge in [0.25, 0.3) is 0 Å². The molecule has 0 saturated heterocycles. The standard InChI is InChI=1S/C13H21NO/c1-5-11(3)15-13-10(2)7-6-8-12(13)9-14-4/h6-8,11,14H,5,9H2,1-4H3. The Bertz CT molecular complexity index is 309. The highest BCUT2D eigenvalue weighted by Crippen LogP contribution is 2.24. The minimum absolute atomic E-state index is 0.279. The average Bonchev–Trinajstić information content (AvgIpc) is 2.23. The molecule has 1 aromatic rings. The number of aryl methyl sites for hydroxylation is 1. The smallest absolute Gasteiger partial charge is 0.127 e. The molecule has 1 unspecified atom stereocenters. The molecule has 0 radical (unpaired) electrons. The number of benzene rings is 1. The Morgan fingerprint density at radius 1 is 1.40 bits per heavy atom. The molecule has 0 bridgehead atoms. The zero-order chi connectivity index (χ0) is 11.3. The van der Waals surface area contributed by atoms with Crippen LogP contribution in [0.3, 0.4) is 0 Å². The molecule has 1 atom stereocenters. The molecule has 2 nitrogen and oxygen atoms in total. The number of nitrogens with one attached hydrogen (secondary N) is 1. The lowest BCUT2D eigenvalue weighted by atomic mass is 10.1. The first-order valence-corrected chi connectivity index (χ1v) is 5.58. The molecule has 0 aliphatic carbocycles. The van der Waals surface area contributed by atoms with Gasteiger partial charge in [-0.05, 0) is 32.9 Å². The lowest BCUT2D eigenvalue weighted by Gasteiger charge is -2.18. The summed E-state index contributed by atoms with van der Waals surface area (Å²) in [4.78, 5) is 0. The molecule has 0 aliphatic rings. The highest BCUT2D eigenvalue weighted by atomic mass is 16.5. The van der Waals surface area contributed by atoms with Crippen LogP contribution in [-0.2, 0) is 6.54 Å². The van der Waals surface area contributed by atoms with Crippen LogP contribution in [0.1, 0.15) is 31.4 Å². The van der Waals surface area contributed by atoms with Crippen molar-refractivity contribution in [3.8, 4) is 5.75 Å². The summed E-state index contributed by atoms with van der Waals surface area (Å²) in [5.41, 5.74) is 2.45. The summed E-state index contributed by atoms with van der Waals surface area (Å²) >= 11 is 0. The highest BCUT2D eigenvalue weighted by Gasteiger charge is 2.08. The van der Waals surface area contributed by atoms with Crippen LogP contribution in [0.15, 0.2) is 18.2 Å². The summed E-state index contributed by atoms with van der Waals surface area (Å²) in [6, 6.07) is 6.28. The predicted octanol–water partition coefficient (Wildman–Crippen LogP) is 2.89. The fourth-order valence-corrected chi connectivity index (χ4v) is 1.50. The second kappa shape index (κ2) is 5.76. The van der Waals surface area contributed by atoms with E-state index >= 15 is 0 Å². The first kappa shape index (κ1) is 12.1. The van der Waals surface area contributed by atoms with Crippen LogP contribution < -0.4 is 10.1 Å². The number of hydrogen-bond donors (Lipinski definition) is 1. The maximum Gasteiger partial charge on any atom is 0.127 e. The van der Waals surface area contributed by atoms with E-state index in [1.165, 1.54) is 11.1 Å². The third kappa shape index (κ3) is 3.24. The molecule has 0 saturated carbocycles. The third-order valence-corrected chi connectivity index (χ3v) is 2.55. The summed E-state index contributed by atoms with van der Waals surface area (Å²) in [6.45, 7) is 7.20. The Kier molecular flexibility index (Phi) is 4.63. The first-order chi connectivity index (χ1) is 7.19. The fourth-order valence-electron chi connectivity index (χ4n) is 1.50. The molecule has 0 spiro atoms. The van der Waals surface area contributed by atoms with Gasteiger partial charge in [0.15, 0.2) is 0 Å². The topological polar surface area (TPSA) is 21.3 Å². The number of ether oxygens (including phenoxy) is 1. The Balaban J connectivity index is 2.91. The van der Waals surface area contributed by atoms with E-state index < -0.39 is 0 Å². The molecule has 15 heavy (non-hydrogen) atoms. The second-order valence-corrected chi connectivity index (χ2v) is 3.93. The zero-order valence-electron chi connectivity index (χ0n) is 10.1. The van der Waals surface area contributed by atoms with E-state index in [1.54, 1.807) is 0 Å². The van der Waals surface area contributed by atoms with Crippen LogP contribution in [0.5, 0.6) is 5.75 Å². The maximum absolute atomic E-state index is 5.94. The molecule has 2 heteroatoms. The van der Waals surface area contributed by atoms with Gasteiger partial charge in [0.2, 0.25) is 0 Å². The van der Waals surface area contributed by atoms with E-state index in [0.29, 0.717) is 0 Å². The van der Waals surface area contributed by atoms with Crippen LogP contribution in [0.2, 0.25) is 0 Å². The van der Waals surface area contributed by atoms with Gasteiger partial charge in [-0.25, -0.2) is 0 Å².